The van der Waals surface area contributed by atoms with Crippen molar-refractivity contribution in [3.63, 3.8) is 0 Å². The fourth-order valence-corrected chi connectivity index (χ4v) is 4.47. The van der Waals surface area contributed by atoms with Gasteiger partial charge in [0.1, 0.15) is 16.5 Å². The first-order valence-corrected chi connectivity index (χ1v) is 11.0. The monoisotopic (exact) mass is 480 g/mol. The second kappa shape index (κ2) is 11.6. The highest BCUT2D eigenvalue weighted by molar-refractivity contribution is 7.18. The molecular weight excluding hydrogens is 453 g/mol. The van der Waals surface area contributed by atoms with Crippen LogP contribution in [0.5, 0.6) is 0 Å². The van der Waals surface area contributed by atoms with Gasteiger partial charge in [0, 0.05) is 13.7 Å². The molecule has 1 aromatic rings. The van der Waals surface area contributed by atoms with Crippen molar-refractivity contribution in [2.45, 2.75) is 32.9 Å². The fourth-order valence-electron chi connectivity index (χ4n) is 3.36. The van der Waals surface area contributed by atoms with E-state index < -0.39 is 29.9 Å². The first-order chi connectivity index (χ1) is 15.1. The molecule has 0 saturated carbocycles. The van der Waals surface area contributed by atoms with Crippen LogP contribution in [0.1, 0.15) is 45.4 Å². The molecule has 2 rings (SSSR count). The van der Waals surface area contributed by atoms with Gasteiger partial charge in [-0.3, -0.25) is 9.69 Å². The minimum absolute atomic E-state index is 0.0123. The highest BCUT2D eigenvalue weighted by Crippen LogP contribution is 2.35. The second-order valence-corrected chi connectivity index (χ2v) is 8.29. The molecular formula is C20H27F3N2O6S. The van der Waals surface area contributed by atoms with Gasteiger partial charge in [-0.25, -0.2) is 9.59 Å². The van der Waals surface area contributed by atoms with Gasteiger partial charge in [-0.15, -0.1) is 11.3 Å². The highest BCUT2D eigenvalue weighted by Gasteiger charge is 2.42. The van der Waals surface area contributed by atoms with Crippen LogP contribution in [0, 0.1) is 12.8 Å². The smallest absolute Gasteiger partial charge is 0.393 e. The molecule has 0 bridgehead atoms. The minimum Gasteiger partial charge on any atom is -0.462 e. The summed E-state index contributed by atoms with van der Waals surface area (Å²) in [5.41, 5.74) is 0.317. The van der Waals surface area contributed by atoms with Gasteiger partial charge in [0.2, 0.25) is 5.91 Å². The van der Waals surface area contributed by atoms with Gasteiger partial charge in [-0.05, 0) is 38.8 Å². The molecule has 2 heterocycles. The molecule has 1 unspecified atom stereocenters. The van der Waals surface area contributed by atoms with Gasteiger partial charge in [-0.2, -0.15) is 13.2 Å². The Morgan fingerprint density at radius 2 is 1.91 bits per heavy atom. The van der Waals surface area contributed by atoms with E-state index >= 15 is 0 Å². The number of hydrogen-bond acceptors (Lipinski definition) is 8. The first kappa shape index (κ1) is 26.1. The van der Waals surface area contributed by atoms with Gasteiger partial charge >= 0.3 is 18.1 Å². The van der Waals surface area contributed by atoms with E-state index in [-0.39, 0.29) is 54.8 Å². The van der Waals surface area contributed by atoms with E-state index in [1.807, 2.05) is 0 Å². The molecule has 8 nitrogen and oxygen atoms in total. The molecule has 0 spiro atoms. The van der Waals surface area contributed by atoms with Crippen LogP contribution < -0.4 is 5.32 Å². The van der Waals surface area contributed by atoms with Crippen LogP contribution in [0.25, 0.3) is 0 Å². The average molecular weight is 481 g/mol. The molecule has 1 amide bonds. The molecule has 1 aliphatic rings. The van der Waals surface area contributed by atoms with E-state index in [9.17, 15) is 27.6 Å². The first-order valence-electron chi connectivity index (χ1n) is 10.1. The molecule has 1 fully saturated rings. The topological polar surface area (TPSA) is 94.2 Å². The quantitative estimate of drug-likeness (QED) is 0.428. The molecule has 1 N–H and O–H groups in total. The number of carbonyl (C=O) groups excluding carboxylic acids is 3. The number of methoxy groups -OCH3 is 1. The van der Waals surface area contributed by atoms with Gasteiger partial charge in [0.05, 0.1) is 31.2 Å². The lowest BCUT2D eigenvalue weighted by Gasteiger charge is -2.33. The predicted octanol–water partition coefficient (Wildman–Crippen LogP) is 3.25. The summed E-state index contributed by atoms with van der Waals surface area (Å²) in [6, 6.07) is 0. The third-order valence-corrected chi connectivity index (χ3v) is 6.11. The molecule has 1 aromatic heterocycles. The Labute approximate surface area is 188 Å². The number of nitrogens with zero attached hydrogens (tertiary/aromatic N) is 1. The standard InChI is InChI=1S/C20H27F3N2O6S/c1-4-30-18(27)15-12(2)16(19(28)31-9-8-29-3)32-17(15)24-14(26)11-25-7-5-6-13(10-25)20(21,22)23/h13H,4-11H2,1-3H3,(H,24,26). The minimum atomic E-state index is -4.31. The molecule has 1 saturated heterocycles. The molecule has 12 heteroatoms. The predicted molar refractivity (Wildman–Crippen MR) is 111 cm³/mol. The van der Waals surface area contributed by atoms with Crippen molar-refractivity contribution in [2.24, 2.45) is 5.92 Å². The maximum absolute atomic E-state index is 13.0. The number of likely N-dealkylation sites (tertiary alicyclic amines) is 1. The zero-order valence-corrected chi connectivity index (χ0v) is 19.0. The van der Waals surface area contributed by atoms with Gasteiger partial charge in [-0.1, -0.05) is 0 Å². The Bertz CT molecular complexity index is 827. The summed E-state index contributed by atoms with van der Waals surface area (Å²) >= 11 is 0.855. The van der Waals surface area contributed by atoms with E-state index in [4.69, 9.17) is 14.2 Å². The molecule has 0 aliphatic carbocycles. The lowest BCUT2D eigenvalue weighted by Crippen LogP contribution is -2.44. The Kier molecular flexibility index (Phi) is 9.47. The Morgan fingerprint density at radius 3 is 2.53 bits per heavy atom. The van der Waals surface area contributed by atoms with Gasteiger partial charge in [0.25, 0.3) is 0 Å². The maximum Gasteiger partial charge on any atom is 0.393 e. The highest BCUT2D eigenvalue weighted by atomic mass is 32.1. The molecule has 0 radical (unpaired) electrons. The molecule has 32 heavy (non-hydrogen) atoms. The molecule has 0 aromatic carbocycles. The number of esters is 2. The number of hydrogen-bond donors (Lipinski definition) is 1. The summed E-state index contributed by atoms with van der Waals surface area (Å²) in [6.45, 7) is 3.28. The van der Waals surface area contributed by atoms with Crippen molar-refractivity contribution in [3.05, 3.63) is 16.0 Å². The van der Waals surface area contributed by atoms with Crippen molar-refractivity contribution >= 4 is 34.2 Å². The number of ether oxygens (including phenoxy) is 3. The summed E-state index contributed by atoms with van der Waals surface area (Å²) in [4.78, 5) is 38.9. The number of anilines is 1. The number of rotatable bonds is 9. The lowest BCUT2D eigenvalue weighted by atomic mass is 9.97. The van der Waals surface area contributed by atoms with Gasteiger partial charge < -0.3 is 19.5 Å². The molecule has 1 aliphatic heterocycles. The van der Waals surface area contributed by atoms with Crippen molar-refractivity contribution in [3.8, 4) is 0 Å². The number of piperidine rings is 1. The van der Waals surface area contributed by atoms with Gasteiger partial charge in [0.15, 0.2) is 0 Å². The number of carbonyl (C=O) groups is 3. The average Bonchev–Trinajstić information content (AvgIpc) is 3.03. The van der Waals surface area contributed by atoms with E-state index in [1.54, 1.807) is 6.92 Å². The van der Waals surface area contributed by atoms with Crippen LogP contribution in [0.3, 0.4) is 0 Å². The SMILES string of the molecule is CCOC(=O)c1c(NC(=O)CN2CCCC(C(F)(F)F)C2)sc(C(=O)OCCOC)c1C. The fraction of sp³-hybridized carbons (Fsp3) is 0.650. The number of halogens is 3. The van der Waals surface area contributed by atoms with Crippen molar-refractivity contribution in [2.75, 3.05) is 51.9 Å². The number of alkyl halides is 3. The number of nitrogens with one attached hydrogen (secondary N) is 1. The summed E-state index contributed by atoms with van der Waals surface area (Å²) in [6.07, 6.45) is -3.94. The lowest BCUT2D eigenvalue weighted by molar-refractivity contribution is -0.186. The largest absolute Gasteiger partial charge is 0.462 e. The van der Waals surface area contributed by atoms with Crippen LogP contribution in [0.4, 0.5) is 18.2 Å². The summed E-state index contributed by atoms with van der Waals surface area (Å²) < 4.78 is 54.0. The third-order valence-electron chi connectivity index (χ3n) is 4.92. The van der Waals surface area contributed by atoms with Crippen LogP contribution in [-0.4, -0.2) is 75.5 Å². The van der Waals surface area contributed by atoms with E-state index in [2.05, 4.69) is 5.32 Å². The Hall–Kier alpha value is -2.18. The van der Waals surface area contributed by atoms with Crippen LogP contribution in [0.2, 0.25) is 0 Å². The Morgan fingerprint density at radius 1 is 1.19 bits per heavy atom. The summed E-state index contributed by atoms with van der Waals surface area (Å²) in [5.74, 6) is -3.46. The number of amides is 1. The van der Waals surface area contributed by atoms with Crippen molar-refractivity contribution in [1.82, 2.24) is 4.90 Å². The van der Waals surface area contributed by atoms with E-state index in [0.29, 0.717) is 18.5 Å². The zero-order valence-electron chi connectivity index (χ0n) is 18.2. The van der Waals surface area contributed by atoms with Crippen molar-refractivity contribution < 1.29 is 41.8 Å². The summed E-state index contributed by atoms with van der Waals surface area (Å²) in [7, 11) is 1.45. The van der Waals surface area contributed by atoms with Crippen LogP contribution in [-0.2, 0) is 19.0 Å². The molecule has 180 valence electrons. The summed E-state index contributed by atoms with van der Waals surface area (Å²) in [5, 5.41) is 2.65. The van der Waals surface area contributed by atoms with Crippen LogP contribution >= 0.6 is 11.3 Å². The third kappa shape index (κ3) is 6.91. The Balaban J connectivity index is 2.16. The second-order valence-electron chi connectivity index (χ2n) is 7.27. The normalized spacial score (nSPS) is 17.1. The van der Waals surface area contributed by atoms with Crippen molar-refractivity contribution in [1.29, 1.82) is 0 Å². The number of thiophene rings is 1. The van der Waals surface area contributed by atoms with Crippen LogP contribution in [0.15, 0.2) is 0 Å². The zero-order chi connectivity index (χ0) is 23.9. The maximum atomic E-state index is 13.0. The van der Waals surface area contributed by atoms with E-state index in [0.717, 1.165) is 11.3 Å². The van der Waals surface area contributed by atoms with E-state index in [1.165, 1.54) is 18.9 Å². The molecule has 1 atom stereocenters.